The van der Waals surface area contributed by atoms with Gasteiger partial charge in [-0.1, -0.05) is 12.6 Å². The number of halogens is 1. The van der Waals surface area contributed by atoms with Crippen LogP contribution in [0.25, 0.3) is 0 Å². The van der Waals surface area contributed by atoms with Crippen LogP contribution >= 0.6 is 0 Å². The van der Waals surface area contributed by atoms with Gasteiger partial charge in [-0.2, -0.15) is 0 Å². The van der Waals surface area contributed by atoms with Crippen molar-refractivity contribution in [2.45, 2.75) is 51.6 Å². The second kappa shape index (κ2) is 13.6. The average molecular weight is 523 g/mol. The SMILES string of the molecule is C=CC(=O)NCCCCN1CCN(c2ccnc(N(C(C)C)C3CCCN(c4cccc(F)c4)C3)c2)CC1. The van der Waals surface area contributed by atoms with Crippen molar-refractivity contribution in [1.29, 1.82) is 0 Å². The highest BCUT2D eigenvalue weighted by molar-refractivity contribution is 5.86. The van der Waals surface area contributed by atoms with Gasteiger partial charge in [-0.25, -0.2) is 9.37 Å². The normalized spacial score (nSPS) is 18.5. The molecule has 1 aromatic heterocycles. The number of unbranched alkanes of at least 4 members (excludes halogenated alkanes) is 1. The second-order valence-electron chi connectivity index (χ2n) is 10.6. The Balaban J connectivity index is 1.34. The van der Waals surface area contributed by atoms with Crippen molar-refractivity contribution in [1.82, 2.24) is 15.2 Å². The number of benzene rings is 1. The van der Waals surface area contributed by atoms with Crippen LogP contribution in [-0.2, 0) is 4.79 Å². The van der Waals surface area contributed by atoms with Gasteiger partial charge < -0.3 is 20.0 Å². The lowest BCUT2D eigenvalue weighted by molar-refractivity contribution is -0.116. The molecule has 3 heterocycles. The molecule has 206 valence electrons. The summed E-state index contributed by atoms with van der Waals surface area (Å²) in [6, 6.07) is 12.0. The molecule has 38 heavy (non-hydrogen) atoms. The number of carbonyl (C=O) groups excluding carboxylic acids is 1. The number of nitrogens with one attached hydrogen (secondary N) is 1. The zero-order valence-electron chi connectivity index (χ0n) is 23.0. The Kier molecular flexibility index (Phi) is 9.98. The topological polar surface area (TPSA) is 55.0 Å². The molecule has 7 nitrogen and oxygen atoms in total. The Morgan fingerprint density at radius 2 is 1.92 bits per heavy atom. The molecule has 2 aliphatic rings. The lowest BCUT2D eigenvalue weighted by Crippen LogP contribution is -2.51. The molecule has 1 amide bonds. The van der Waals surface area contributed by atoms with E-state index in [0.29, 0.717) is 18.6 Å². The van der Waals surface area contributed by atoms with Crippen molar-refractivity contribution in [2.24, 2.45) is 0 Å². The molecule has 0 aliphatic carbocycles. The fraction of sp³-hybridized carbons (Fsp3) is 0.533. The summed E-state index contributed by atoms with van der Waals surface area (Å²) in [5, 5.41) is 2.85. The van der Waals surface area contributed by atoms with Gasteiger partial charge in [0.25, 0.3) is 0 Å². The molecule has 0 bridgehead atoms. The Bertz CT molecular complexity index is 1050. The van der Waals surface area contributed by atoms with Crippen LogP contribution < -0.4 is 20.0 Å². The second-order valence-corrected chi connectivity index (χ2v) is 10.6. The highest BCUT2D eigenvalue weighted by atomic mass is 19.1. The van der Waals surface area contributed by atoms with Crippen molar-refractivity contribution in [2.75, 3.05) is 67.1 Å². The van der Waals surface area contributed by atoms with E-state index in [1.807, 2.05) is 12.3 Å². The zero-order valence-corrected chi connectivity index (χ0v) is 23.0. The molecule has 1 unspecified atom stereocenters. The van der Waals surface area contributed by atoms with Gasteiger partial charge in [-0.15, -0.1) is 0 Å². The van der Waals surface area contributed by atoms with Gasteiger partial charge in [-0.05, 0) is 76.4 Å². The molecule has 0 saturated carbocycles. The number of piperazine rings is 1. The van der Waals surface area contributed by atoms with Gasteiger partial charge in [0.2, 0.25) is 5.91 Å². The van der Waals surface area contributed by atoms with Crippen LogP contribution in [-0.4, -0.2) is 80.2 Å². The van der Waals surface area contributed by atoms with E-state index in [0.717, 1.165) is 83.0 Å². The lowest BCUT2D eigenvalue weighted by atomic mass is 10.0. The quantitative estimate of drug-likeness (QED) is 0.351. The van der Waals surface area contributed by atoms with Crippen molar-refractivity contribution in [3.05, 3.63) is 61.1 Å². The fourth-order valence-corrected chi connectivity index (χ4v) is 5.68. The monoisotopic (exact) mass is 522 g/mol. The van der Waals surface area contributed by atoms with Crippen LogP contribution in [0.4, 0.5) is 21.6 Å². The van der Waals surface area contributed by atoms with E-state index in [2.05, 4.69) is 57.5 Å². The van der Waals surface area contributed by atoms with Gasteiger partial charge in [0.05, 0.1) is 0 Å². The minimum Gasteiger partial charge on any atom is -0.369 e. The Labute approximate surface area is 227 Å². The molecule has 1 aromatic carbocycles. The number of pyridine rings is 1. The summed E-state index contributed by atoms with van der Waals surface area (Å²) in [5.74, 6) is 0.739. The van der Waals surface area contributed by atoms with Crippen molar-refractivity contribution in [3.63, 3.8) is 0 Å². The predicted octanol–water partition coefficient (Wildman–Crippen LogP) is 4.31. The summed E-state index contributed by atoms with van der Waals surface area (Å²) in [7, 11) is 0. The molecule has 1 atom stereocenters. The molecule has 1 N–H and O–H groups in total. The molecule has 2 aromatic rings. The Morgan fingerprint density at radius 3 is 2.66 bits per heavy atom. The summed E-state index contributed by atoms with van der Waals surface area (Å²) >= 11 is 0. The van der Waals surface area contributed by atoms with Crippen molar-refractivity contribution >= 4 is 23.1 Å². The van der Waals surface area contributed by atoms with Crippen LogP contribution in [0.15, 0.2) is 55.3 Å². The van der Waals surface area contributed by atoms with E-state index in [1.165, 1.54) is 17.8 Å². The van der Waals surface area contributed by atoms with Crippen LogP contribution in [0.1, 0.15) is 39.5 Å². The van der Waals surface area contributed by atoms with Gasteiger partial charge >= 0.3 is 0 Å². The first-order chi connectivity index (χ1) is 18.4. The number of amides is 1. The summed E-state index contributed by atoms with van der Waals surface area (Å²) in [4.78, 5) is 25.8. The molecule has 2 saturated heterocycles. The van der Waals surface area contributed by atoms with Gasteiger partial charge in [0, 0.05) is 81.5 Å². The molecule has 8 heteroatoms. The summed E-state index contributed by atoms with van der Waals surface area (Å²) in [6.45, 7) is 15.6. The standard InChI is InChI=1S/C30H43FN6O/c1-4-30(38)33-13-5-6-15-34-17-19-35(20-18-34)27-12-14-32-29(22-27)37(24(2)3)28-11-8-16-36(23-28)26-10-7-9-25(31)21-26/h4,7,9-10,12,14,21-22,24,28H,1,5-6,8,11,13,15-20,23H2,2-3H3,(H,33,38). The molecule has 0 spiro atoms. The third kappa shape index (κ3) is 7.47. The maximum Gasteiger partial charge on any atom is 0.243 e. The van der Waals surface area contributed by atoms with E-state index in [9.17, 15) is 9.18 Å². The first-order valence-corrected chi connectivity index (χ1v) is 14.1. The van der Waals surface area contributed by atoms with Crippen LogP contribution in [0.2, 0.25) is 0 Å². The number of aromatic nitrogens is 1. The Hall–Kier alpha value is -3.13. The molecule has 0 radical (unpaired) electrons. The fourth-order valence-electron chi connectivity index (χ4n) is 5.68. The van der Waals surface area contributed by atoms with E-state index in [-0.39, 0.29) is 11.7 Å². The first kappa shape index (κ1) is 27.9. The van der Waals surface area contributed by atoms with Crippen molar-refractivity contribution < 1.29 is 9.18 Å². The molecule has 2 aliphatic heterocycles. The highest BCUT2D eigenvalue weighted by Crippen LogP contribution is 2.29. The predicted molar refractivity (Wildman–Crippen MR) is 155 cm³/mol. The van der Waals surface area contributed by atoms with Gasteiger partial charge in [0.15, 0.2) is 0 Å². The van der Waals surface area contributed by atoms with Crippen LogP contribution in [0.3, 0.4) is 0 Å². The number of piperidine rings is 1. The number of rotatable bonds is 11. The minimum absolute atomic E-state index is 0.0984. The maximum atomic E-state index is 13.9. The summed E-state index contributed by atoms with van der Waals surface area (Å²) < 4.78 is 13.9. The van der Waals surface area contributed by atoms with Gasteiger partial charge in [0.1, 0.15) is 11.6 Å². The molecule has 2 fully saturated rings. The number of hydrogen-bond acceptors (Lipinski definition) is 6. The largest absolute Gasteiger partial charge is 0.369 e. The number of carbonyl (C=O) groups is 1. The molecule has 4 rings (SSSR count). The highest BCUT2D eigenvalue weighted by Gasteiger charge is 2.29. The summed E-state index contributed by atoms with van der Waals surface area (Å²) in [6.07, 6.45) is 7.50. The van der Waals surface area contributed by atoms with E-state index < -0.39 is 0 Å². The van der Waals surface area contributed by atoms with E-state index in [4.69, 9.17) is 4.98 Å². The molecular weight excluding hydrogens is 479 g/mol. The Morgan fingerprint density at radius 1 is 1.13 bits per heavy atom. The third-order valence-corrected chi connectivity index (χ3v) is 7.64. The van der Waals surface area contributed by atoms with Crippen LogP contribution in [0, 0.1) is 5.82 Å². The minimum atomic E-state index is -0.184. The summed E-state index contributed by atoms with van der Waals surface area (Å²) in [5.41, 5.74) is 2.18. The first-order valence-electron chi connectivity index (χ1n) is 14.1. The third-order valence-electron chi connectivity index (χ3n) is 7.64. The van der Waals surface area contributed by atoms with Crippen molar-refractivity contribution in [3.8, 4) is 0 Å². The van der Waals surface area contributed by atoms with E-state index in [1.54, 1.807) is 12.1 Å². The lowest BCUT2D eigenvalue weighted by Gasteiger charge is -2.43. The van der Waals surface area contributed by atoms with Gasteiger partial charge in [-0.3, -0.25) is 9.69 Å². The molecular formula is C30H43FN6O. The number of anilines is 3. The number of hydrogen-bond donors (Lipinski definition) is 1. The smallest absolute Gasteiger partial charge is 0.243 e. The van der Waals surface area contributed by atoms with E-state index >= 15 is 0 Å². The van der Waals surface area contributed by atoms with Crippen LogP contribution in [0.5, 0.6) is 0 Å². The maximum absolute atomic E-state index is 13.9. The zero-order chi connectivity index (χ0) is 26.9. The average Bonchev–Trinajstić information content (AvgIpc) is 2.93. The number of nitrogens with zero attached hydrogens (tertiary/aromatic N) is 5.